The predicted molar refractivity (Wildman–Crippen MR) is 59.0 cm³/mol. The SMILES string of the molecule is O=C(O)c1cc2n(n1)[C@H](C(F)(F)F)C[C@H](C1CC1)N2. The van der Waals surface area contributed by atoms with Crippen LogP contribution in [0.25, 0.3) is 0 Å². The Morgan fingerprint density at radius 2 is 2.16 bits per heavy atom. The fourth-order valence-corrected chi connectivity index (χ4v) is 2.51. The molecule has 0 aromatic carbocycles. The molecule has 104 valence electrons. The van der Waals surface area contributed by atoms with Gasteiger partial charge in [0.2, 0.25) is 0 Å². The molecule has 0 unspecified atom stereocenters. The van der Waals surface area contributed by atoms with Crippen LogP contribution in [0.15, 0.2) is 6.07 Å². The number of nitrogens with one attached hydrogen (secondary N) is 1. The third kappa shape index (κ3) is 2.15. The summed E-state index contributed by atoms with van der Waals surface area (Å²) >= 11 is 0. The second-order valence-electron chi connectivity index (χ2n) is 5.05. The maximum Gasteiger partial charge on any atom is 0.410 e. The molecule has 2 N–H and O–H groups in total. The van der Waals surface area contributed by atoms with Crippen molar-refractivity contribution in [3.8, 4) is 0 Å². The molecule has 0 bridgehead atoms. The summed E-state index contributed by atoms with van der Waals surface area (Å²) in [6, 6.07) is -0.838. The number of hydrogen-bond donors (Lipinski definition) is 2. The van der Waals surface area contributed by atoms with Gasteiger partial charge in [0.05, 0.1) is 0 Å². The van der Waals surface area contributed by atoms with Crippen LogP contribution in [-0.4, -0.2) is 33.1 Å². The number of carboxylic acids is 1. The van der Waals surface area contributed by atoms with Crippen LogP contribution in [0.5, 0.6) is 0 Å². The van der Waals surface area contributed by atoms with Crippen molar-refractivity contribution in [1.29, 1.82) is 0 Å². The number of rotatable bonds is 2. The van der Waals surface area contributed by atoms with Gasteiger partial charge in [-0.25, -0.2) is 9.48 Å². The Labute approximate surface area is 106 Å². The van der Waals surface area contributed by atoms with E-state index in [-0.39, 0.29) is 29.9 Å². The van der Waals surface area contributed by atoms with Crippen molar-refractivity contribution in [3.05, 3.63) is 11.8 Å². The molecule has 0 amide bonds. The van der Waals surface area contributed by atoms with Crippen LogP contribution in [0, 0.1) is 5.92 Å². The lowest BCUT2D eigenvalue weighted by molar-refractivity contribution is -0.174. The molecule has 8 heteroatoms. The molecule has 1 aliphatic carbocycles. The first-order chi connectivity index (χ1) is 8.86. The van der Waals surface area contributed by atoms with Crippen LogP contribution in [0.2, 0.25) is 0 Å². The molecule has 1 fully saturated rings. The Hall–Kier alpha value is -1.73. The first-order valence-corrected chi connectivity index (χ1v) is 6.02. The minimum atomic E-state index is -4.42. The third-order valence-corrected chi connectivity index (χ3v) is 3.63. The average molecular weight is 275 g/mol. The molecule has 2 aliphatic rings. The number of fused-ring (bicyclic) bond motifs is 1. The van der Waals surface area contributed by atoms with Crippen molar-refractivity contribution in [2.75, 3.05) is 5.32 Å². The van der Waals surface area contributed by atoms with Crippen LogP contribution < -0.4 is 5.32 Å². The number of carbonyl (C=O) groups is 1. The first kappa shape index (κ1) is 12.3. The quantitative estimate of drug-likeness (QED) is 0.869. The van der Waals surface area contributed by atoms with E-state index in [0.29, 0.717) is 0 Å². The van der Waals surface area contributed by atoms with Crippen molar-refractivity contribution < 1.29 is 23.1 Å². The van der Waals surface area contributed by atoms with Crippen LogP contribution in [0.4, 0.5) is 19.0 Å². The van der Waals surface area contributed by atoms with E-state index in [1.54, 1.807) is 0 Å². The number of carboxylic acid groups (broad SMARTS) is 1. The number of hydrogen-bond acceptors (Lipinski definition) is 3. The number of aromatic nitrogens is 2. The highest BCUT2D eigenvalue weighted by Gasteiger charge is 2.49. The summed E-state index contributed by atoms with van der Waals surface area (Å²) in [6.45, 7) is 0. The number of alkyl halides is 3. The number of halogens is 3. The van der Waals surface area contributed by atoms with Gasteiger partial charge in [0.15, 0.2) is 11.7 Å². The van der Waals surface area contributed by atoms with Gasteiger partial charge in [0.25, 0.3) is 0 Å². The maximum atomic E-state index is 13.1. The Morgan fingerprint density at radius 1 is 1.47 bits per heavy atom. The molecule has 2 heterocycles. The topological polar surface area (TPSA) is 67.1 Å². The van der Waals surface area contributed by atoms with E-state index >= 15 is 0 Å². The highest BCUT2D eigenvalue weighted by atomic mass is 19.4. The van der Waals surface area contributed by atoms with Gasteiger partial charge in [-0.05, 0) is 25.2 Å². The van der Waals surface area contributed by atoms with Gasteiger partial charge in [-0.2, -0.15) is 18.3 Å². The summed E-state index contributed by atoms with van der Waals surface area (Å²) in [7, 11) is 0. The van der Waals surface area contributed by atoms with Gasteiger partial charge in [-0.1, -0.05) is 0 Å². The zero-order valence-electron chi connectivity index (χ0n) is 9.81. The molecule has 1 aromatic rings. The Bertz CT molecular complexity index is 522. The highest BCUT2D eigenvalue weighted by Crippen LogP contribution is 2.45. The Morgan fingerprint density at radius 3 is 2.68 bits per heavy atom. The van der Waals surface area contributed by atoms with Crippen molar-refractivity contribution in [3.63, 3.8) is 0 Å². The molecule has 1 aromatic heterocycles. The van der Waals surface area contributed by atoms with E-state index in [9.17, 15) is 18.0 Å². The zero-order chi connectivity index (χ0) is 13.8. The summed E-state index contributed by atoms with van der Waals surface area (Å²) in [5, 5.41) is 15.3. The van der Waals surface area contributed by atoms with Crippen LogP contribution in [0.3, 0.4) is 0 Å². The summed E-state index contributed by atoms with van der Waals surface area (Å²) in [4.78, 5) is 10.8. The summed E-state index contributed by atoms with van der Waals surface area (Å²) in [6.07, 6.45) is -2.68. The van der Waals surface area contributed by atoms with Gasteiger partial charge >= 0.3 is 12.1 Å². The van der Waals surface area contributed by atoms with E-state index in [4.69, 9.17) is 5.11 Å². The lowest BCUT2D eigenvalue weighted by atomic mass is 10.0. The standard InChI is InChI=1S/C11H12F3N3O2/c12-11(13,14)8-3-6(5-1-2-5)15-9-4-7(10(18)19)16-17(8)9/h4-6,8,15H,1-3H2,(H,18,19)/t6-,8+/m1/s1. The van der Waals surface area contributed by atoms with E-state index < -0.39 is 18.2 Å². The van der Waals surface area contributed by atoms with E-state index in [1.165, 1.54) is 0 Å². The molecule has 19 heavy (non-hydrogen) atoms. The van der Waals surface area contributed by atoms with Gasteiger partial charge in [-0.15, -0.1) is 0 Å². The minimum Gasteiger partial charge on any atom is -0.476 e. The zero-order valence-corrected chi connectivity index (χ0v) is 9.81. The highest BCUT2D eigenvalue weighted by molar-refractivity contribution is 5.86. The third-order valence-electron chi connectivity index (χ3n) is 3.63. The Kier molecular flexibility index (Phi) is 2.51. The lowest BCUT2D eigenvalue weighted by Crippen LogP contribution is -2.40. The molecular weight excluding hydrogens is 263 g/mol. The number of nitrogens with zero attached hydrogens (tertiary/aromatic N) is 2. The second-order valence-corrected chi connectivity index (χ2v) is 5.05. The number of aromatic carboxylic acids is 1. The van der Waals surface area contributed by atoms with Crippen molar-refractivity contribution in [2.45, 2.75) is 37.5 Å². The molecule has 5 nitrogen and oxygen atoms in total. The van der Waals surface area contributed by atoms with Crippen LogP contribution in [-0.2, 0) is 0 Å². The molecule has 3 rings (SSSR count). The van der Waals surface area contributed by atoms with Gasteiger partial charge < -0.3 is 10.4 Å². The lowest BCUT2D eigenvalue weighted by Gasteiger charge is -2.33. The average Bonchev–Trinajstić information content (AvgIpc) is 3.05. The van der Waals surface area contributed by atoms with Crippen molar-refractivity contribution in [1.82, 2.24) is 9.78 Å². The van der Waals surface area contributed by atoms with Gasteiger partial charge in [0.1, 0.15) is 5.82 Å². The molecule has 0 saturated heterocycles. The fraction of sp³-hybridized carbons (Fsp3) is 0.636. The molecule has 1 aliphatic heterocycles. The number of anilines is 1. The van der Waals surface area contributed by atoms with Crippen molar-refractivity contribution >= 4 is 11.8 Å². The largest absolute Gasteiger partial charge is 0.476 e. The monoisotopic (exact) mass is 275 g/mol. The van der Waals surface area contributed by atoms with E-state index in [2.05, 4.69) is 10.4 Å². The molecule has 1 saturated carbocycles. The second kappa shape index (κ2) is 3.88. The summed E-state index contributed by atoms with van der Waals surface area (Å²) in [5.41, 5.74) is -0.367. The normalized spacial score (nSPS) is 26.7. The van der Waals surface area contributed by atoms with Crippen molar-refractivity contribution in [2.24, 2.45) is 5.92 Å². The maximum absolute atomic E-state index is 13.1. The first-order valence-electron chi connectivity index (χ1n) is 6.02. The minimum absolute atomic E-state index is 0.0953. The summed E-state index contributed by atoms with van der Waals surface area (Å²) < 4.78 is 39.9. The smallest absolute Gasteiger partial charge is 0.410 e. The Balaban J connectivity index is 1.99. The van der Waals surface area contributed by atoms with Crippen LogP contribution >= 0.6 is 0 Å². The summed E-state index contributed by atoms with van der Waals surface area (Å²) in [5.74, 6) is -0.933. The van der Waals surface area contributed by atoms with E-state index in [0.717, 1.165) is 23.6 Å². The van der Waals surface area contributed by atoms with Crippen LogP contribution in [0.1, 0.15) is 35.8 Å². The van der Waals surface area contributed by atoms with Gasteiger partial charge in [-0.3, -0.25) is 0 Å². The molecule has 2 atom stereocenters. The molecular formula is C11H12F3N3O2. The molecule has 0 radical (unpaired) electrons. The van der Waals surface area contributed by atoms with E-state index in [1.807, 2.05) is 0 Å². The molecule has 0 spiro atoms. The predicted octanol–water partition coefficient (Wildman–Crippen LogP) is 2.28. The fourth-order valence-electron chi connectivity index (χ4n) is 2.51. The van der Waals surface area contributed by atoms with Gasteiger partial charge in [0, 0.05) is 12.1 Å².